The molecule has 17 heavy (non-hydrogen) atoms. The van der Waals surface area contributed by atoms with Crippen LogP contribution in [0.25, 0.3) is 0 Å². The van der Waals surface area contributed by atoms with Gasteiger partial charge < -0.3 is 5.11 Å². The van der Waals surface area contributed by atoms with Gasteiger partial charge in [0, 0.05) is 47.7 Å². The van der Waals surface area contributed by atoms with Crippen LogP contribution in [-0.4, -0.2) is 11.1 Å². The Morgan fingerprint density at radius 3 is 2.06 bits per heavy atom. The maximum atomic E-state index is 10.3. The molecule has 0 saturated carbocycles. The van der Waals surface area contributed by atoms with Gasteiger partial charge in [0.2, 0.25) is 0 Å². The maximum Gasteiger partial charge on any atom is 0.303 e. The van der Waals surface area contributed by atoms with E-state index in [1.165, 1.54) is 44.9 Å². The van der Waals surface area contributed by atoms with Crippen LogP contribution in [0.15, 0.2) is 12.2 Å². The third-order valence-corrected chi connectivity index (χ3v) is 2.65. The van der Waals surface area contributed by atoms with E-state index in [-0.39, 0.29) is 41.3 Å². The largest absolute Gasteiger partial charge is 0.481 e. The van der Waals surface area contributed by atoms with Crippen molar-refractivity contribution in [3.63, 3.8) is 0 Å². The van der Waals surface area contributed by atoms with E-state index in [0.717, 1.165) is 12.8 Å². The molecule has 1 radical (unpaired) electrons. The number of hydrogen-bond donors (Lipinski definition) is 1. The van der Waals surface area contributed by atoms with Crippen LogP contribution in [0.2, 0.25) is 0 Å². The van der Waals surface area contributed by atoms with Crippen LogP contribution in [0.4, 0.5) is 0 Å². The third kappa shape index (κ3) is 19.1. The second-order valence-electron chi connectivity index (χ2n) is 4.31. The van der Waals surface area contributed by atoms with E-state index in [9.17, 15) is 4.79 Å². The van der Waals surface area contributed by atoms with Crippen molar-refractivity contribution in [1.29, 1.82) is 0 Å². The summed E-state index contributed by atoms with van der Waals surface area (Å²) in [6.45, 7) is 2.21. The summed E-state index contributed by atoms with van der Waals surface area (Å²) < 4.78 is 0. The molecule has 0 aliphatic carbocycles. The molecular formula is C14H26O2Pr. The minimum absolute atomic E-state index is 0. The van der Waals surface area contributed by atoms with Gasteiger partial charge in [-0.25, -0.2) is 0 Å². The van der Waals surface area contributed by atoms with Crippen molar-refractivity contribution < 1.29 is 51.2 Å². The molecule has 0 bridgehead atoms. The number of aliphatic carboxylic acids is 1. The monoisotopic (exact) mass is 367 g/mol. The Labute approximate surface area is 139 Å². The Morgan fingerprint density at radius 1 is 0.941 bits per heavy atom. The molecule has 0 aromatic carbocycles. The van der Waals surface area contributed by atoms with Gasteiger partial charge in [-0.3, -0.25) is 4.79 Å². The predicted molar refractivity (Wildman–Crippen MR) is 68.6 cm³/mol. The molecule has 1 N–H and O–H groups in total. The summed E-state index contributed by atoms with van der Waals surface area (Å²) in [6, 6.07) is 0. The minimum atomic E-state index is -0.668. The fourth-order valence-corrected chi connectivity index (χ4v) is 1.63. The molecule has 0 fully saturated rings. The van der Waals surface area contributed by atoms with E-state index in [4.69, 9.17) is 5.11 Å². The van der Waals surface area contributed by atoms with Crippen molar-refractivity contribution in [3.8, 4) is 0 Å². The summed E-state index contributed by atoms with van der Waals surface area (Å²) in [7, 11) is 0. The first-order valence-corrected chi connectivity index (χ1v) is 6.64. The van der Waals surface area contributed by atoms with Gasteiger partial charge >= 0.3 is 5.97 Å². The molecule has 0 heterocycles. The zero-order valence-corrected chi connectivity index (χ0v) is 14.9. The van der Waals surface area contributed by atoms with Gasteiger partial charge in [0.25, 0.3) is 0 Å². The smallest absolute Gasteiger partial charge is 0.303 e. The quantitative estimate of drug-likeness (QED) is 0.430. The van der Waals surface area contributed by atoms with E-state index >= 15 is 0 Å². The molecule has 3 heteroatoms. The fraction of sp³-hybridized carbons (Fsp3) is 0.786. The van der Waals surface area contributed by atoms with Crippen molar-refractivity contribution in [3.05, 3.63) is 12.2 Å². The molecule has 0 amide bonds. The van der Waals surface area contributed by atoms with E-state index in [1.807, 2.05) is 0 Å². The Kier molecular flexibility index (Phi) is 19.4. The molecule has 2 nitrogen and oxygen atoms in total. The second kappa shape index (κ2) is 16.6. The summed E-state index contributed by atoms with van der Waals surface area (Å²) in [5.74, 6) is -0.668. The zero-order chi connectivity index (χ0) is 12.1. The van der Waals surface area contributed by atoms with E-state index < -0.39 is 5.97 Å². The summed E-state index contributed by atoms with van der Waals surface area (Å²) in [5, 5.41) is 8.45. The molecule has 0 aliphatic rings. The molecule has 97 valence electrons. The van der Waals surface area contributed by atoms with Crippen molar-refractivity contribution in [1.82, 2.24) is 0 Å². The molecular weight excluding hydrogens is 341 g/mol. The molecule has 0 aromatic rings. The first-order valence-electron chi connectivity index (χ1n) is 6.64. The third-order valence-electron chi connectivity index (χ3n) is 2.65. The van der Waals surface area contributed by atoms with E-state index in [0.29, 0.717) is 6.42 Å². The topological polar surface area (TPSA) is 37.3 Å². The normalized spacial score (nSPS) is 10.4. The van der Waals surface area contributed by atoms with Gasteiger partial charge in [-0.15, -0.1) is 0 Å². The molecule has 0 spiro atoms. The first kappa shape index (κ1) is 19.9. The standard InChI is InChI=1S/C14H26O2.Pr/c1-2-3-4-5-6-7-8-9-10-11-12-13-14(15)16;/h5-6H,2-4,7-13H2,1H3,(H,15,16);. The average Bonchev–Trinajstić information content (AvgIpc) is 2.25. The van der Waals surface area contributed by atoms with Crippen molar-refractivity contribution >= 4 is 5.97 Å². The van der Waals surface area contributed by atoms with Gasteiger partial charge in [-0.2, -0.15) is 0 Å². The molecule has 0 rings (SSSR count). The number of rotatable bonds is 11. The van der Waals surface area contributed by atoms with E-state index in [1.54, 1.807) is 0 Å². The summed E-state index contributed by atoms with van der Waals surface area (Å²) in [6.07, 6.45) is 15.4. The predicted octanol–water partition coefficient (Wildman–Crippen LogP) is 4.55. The first-order chi connectivity index (χ1) is 7.77. The number of allylic oxidation sites excluding steroid dienone is 2. The Hall–Kier alpha value is 0.574. The molecule has 0 saturated heterocycles. The number of carbonyl (C=O) groups is 1. The zero-order valence-electron chi connectivity index (χ0n) is 11.2. The average molecular weight is 367 g/mol. The van der Waals surface area contributed by atoms with Crippen LogP contribution >= 0.6 is 0 Å². The maximum absolute atomic E-state index is 10.3. The number of hydrogen-bond acceptors (Lipinski definition) is 1. The van der Waals surface area contributed by atoms with Crippen molar-refractivity contribution in [2.24, 2.45) is 0 Å². The number of carboxylic acid groups (broad SMARTS) is 1. The van der Waals surface area contributed by atoms with Crippen LogP contribution in [-0.2, 0) is 4.79 Å². The molecule has 0 aliphatic heterocycles. The van der Waals surface area contributed by atoms with Crippen LogP contribution in [0.1, 0.15) is 71.1 Å². The van der Waals surface area contributed by atoms with Crippen LogP contribution in [0.3, 0.4) is 0 Å². The second-order valence-corrected chi connectivity index (χ2v) is 4.31. The summed E-state index contributed by atoms with van der Waals surface area (Å²) in [5.41, 5.74) is 0. The Balaban J connectivity index is 0. The van der Waals surface area contributed by atoms with Gasteiger partial charge in [-0.1, -0.05) is 51.2 Å². The van der Waals surface area contributed by atoms with Crippen molar-refractivity contribution in [2.75, 3.05) is 0 Å². The van der Waals surface area contributed by atoms with Gasteiger partial charge in [-0.05, 0) is 25.7 Å². The van der Waals surface area contributed by atoms with Crippen LogP contribution in [0, 0.1) is 41.3 Å². The van der Waals surface area contributed by atoms with Gasteiger partial charge in [0.05, 0.1) is 0 Å². The van der Waals surface area contributed by atoms with Gasteiger partial charge in [0.1, 0.15) is 0 Å². The fourth-order valence-electron chi connectivity index (χ4n) is 1.63. The molecule has 0 aromatic heterocycles. The molecule has 0 atom stereocenters. The number of carboxylic acids is 1. The summed E-state index contributed by atoms with van der Waals surface area (Å²) >= 11 is 0. The SMILES string of the molecule is CCCCC=CCCCCCCCC(=O)O.[Pr]. The molecule has 0 unspecified atom stereocenters. The number of unbranched alkanes of at least 4 members (excludes halogenated alkanes) is 7. The Bertz CT molecular complexity index is 191. The summed E-state index contributed by atoms with van der Waals surface area (Å²) in [4.78, 5) is 10.3. The van der Waals surface area contributed by atoms with Gasteiger partial charge in [0.15, 0.2) is 0 Å². The van der Waals surface area contributed by atoms with Crippen molar-refractivity contribution in [2.45, 2.75) is 71.1 Å². The van der Waals surface area contributed by atoms with Crippen LogP contribution < -0.4 is 0 Å². The minimum Gasteiger partial charge on any atom is -0.481 e. The van der Waals surface area contributed by atoms with E-state index in [2.05, 4.69) is 19.1 Å². The Morgan fingerprint density at radius 2 is 1.47 bits per heavy atom. The van der Waals surface area contributed by atoms with Crippen LogP contribution in [0.5, 0.6) is 0 Å².